The van der Waals surface area contributed by atoms with Gasteiger partial charge >= 0.3 is 0 Å². The minimum Gasteiger partial charge on any atom is -0.325 e. The number of rotatable bonds is 2. The summed E-state index contributed by atoms with van der Waals surface area (Å²) in [5.74, 6) is 0.860. The van der Waals surface area contributed by atoms with Crippen LogP contribution >= 0.6 is 0 Å². The van der Waals surface area contributed by atoms with E-state index in [0.29, 0.717) is 5.92 Å². The van der Waals surface area contributed by atoms with E-state index < -0.39 is 0 Å². The van der Waals surface area contributed by atoms with Crippen LogP contribution in [0, 0.1) is 11.8 Å². The van der Waals surface area contributed by atoms with Crippen LogP contribution in [0.3, 0.4) is 0 Å². The molecule has 1 saturated carbocycles. The van der Waals surface area contributed by atoms with E-state index in [1.807, 2.05) is 30.3 Å². The van der Waals surface area contributed by atoms with Crippen LogP contribution in [0.1, 0.15) is 13.3 Å². The van der Waals surface area contributed by atoms with E-state index in [4.69, 9.17) is 0 Å². The molecular formula is C14H14N2O. The van der Waals surface area contributed by atoms with Crippen LogP contribution in [0.2, 0.25) is 0 Å². The van der Waals surface area contributed by atoms with Crippen molar-refractivity contribution in [2.75, 3.05) is 5.32 Å². The summed E-state index contributed by atoms with van der Waals surface area (Å²) in [5, 5.41) is 4.00. The fourth-order valence-corrected chi connectivity index (χ4v) is 2.13. The lowest BCUT2D eigenvalue weighted by molar-refractivity contribution is -0.117. The molecule has 1 aliphatic carbocycles. The molecule has 0 radical (unpaired) electrons. The lowest BCUT2D eigenvalue weighted by Gasteiger charge is -2.07. The predicted molar refractivity (Wildman–Crippen MR) is 67.6 cm³/mol. The molecule has 0 spiro atoms. The molecule has 86 valence electrons. The van der Waals surface area contributed by atoms with Crippen molar-refractivity contribution in [3.8, 4) is 0 Å². The first-order valence-corrected chi connectivity index (χ1v) is 5.90. The maximum absolute atomic E-state index is 11.9. The molecule has 3 nitrogen and oxygen atoms in total. The Labute approximate surface area is 99.9 Å². The zero-order valence-corrected chi connectivity index (χ0v) is 9.68. The zero-order chi connectivity index (χ0) is 11.8. The van der Waals surface area contributed by atoms with Crippen molar-refractivity contribution in [2.45, 2.75) is 13.3 Å². The van der Waals surface area contributed by atoms with Gasteiger partial charge in [-0.3, -0.25) is 9.78 Å². The van der Waals surface area contributed by atoms with Gasteiger partial charge in [0.05, 0.1) is 11.2 Å². The van der Waals surface area contributed by atoms with E-state index in [2.05, 4.69) is 17.2 Å². The molecule has 0 saturated heterocycles. The second kappa shape index (κ2) is 3.84. The number of carbonyl (C=O) groups excluding carboxylic acids is 1. The highest BCUT2D eigenvalue weighted by atomic mass is 16.2. The Kier molecular flexibility index (Phi) is 2.32. The quantitative estimate of drug-likeness (QED) is 0.855. The number of benzene rings is 1. The zero-order valence-electron chi connectivity index (χ0n) is 9.68. The highest BCUT2D eigenvalue weighted by molar-refractivity contribution is 6.02. The van der Waals surface area contributed by atoms with Crippen molar-refractivity contribution in [2.24, 2.45) is 11.8 Å². The second-order valence-corrected chi connectivity index (χ2v) is 4.68. The fraction of sp³-hybridized carbons (Fsp3) is 0.286. The van der Waals surface area contributed by atoms with Crippen molar-refractivity contribution in [3.05, 3.63) is 36.5 Å². The van der Waals surface area contributed by atoms with Crippen LogP contribution in [0.4, 0.5) is 5.69 Å². The number of aromatic nitrogens is 1. The number of pyridine rings is 1. The standard InChI is InChI=1S/C14H14N2O/c1-9-8-11(9)14(17)16-13-6-2-5-12-10(13)4-3-7-15-12/h2-7,9,11H,8H2,1H3,(H,16,17). The number of carbonyl (C=O) groups is 1. The number of fused-ring (bicyclic) bond motifs is 1. The Hall–Kier alpha value is -1.90. The first-order valence-electron chi connectivity index (χ1n) is 5.90. The third-order valence-corrected chi connectivity index (χ3v) is 3.35. The van der Waals surface area contributed by atoms with Gasteiger partial charge in [-0.1, -0.05) is 13.0 Å². The van der Waals surface area contributed by atoms with Gasteiger partial charge < -0.3 is 5.32 Å². The molecule has 0 aliphatic heterocycles. The van der Waals surface area contributed by atoms with Gasteiger partial charge in [0.15, 0.2) is 0 Å². The molecule has 2 unspecified atom stereocenters. The van der Waals surface area contributed by atoms with Crippen molar-refractivity contribution < 1.29 is 4.79 Å². The van der Waals surface area contributed by atoms with Gasteiger partial charge in [-0.25, -0.2) is 0 Å². The fourth-order valence-electron chi connectivity index (χ4n) is 2.13. The van der Waals surface area contributed by atoms with Crippen LogP contribution < -0.4 is 5.32 Å². The molecule has 3 rings (SSSR count). The Morgan fingerprint density at radius 1 is 1.35 bits per heavy atom. The summed E-state index contributed by atoms with van der Waals surface area (Å²) in [4.78, 5) is 16.2. The summed E-state index contributed by atoms with van der Waals surface area (Å²) >= 11 is 0. The van der Waals surface area contributed by atoms with Crippen molar-refractivity contribution in [1.82, 2.24) is 4.98 Å². The number of anilines is 1. The van der Waals surface area contributed by atoms with Crippen LogP contribution in [-0.2, 0) is 4.79 Å². The van der Waals surface area contributed by atoms with Gasteiger partial charge in [0.25, 0.3) is 0 Å². The smallest absolute Gasteiger partial charge is 0.227 e. The highest BCUT2D eigenvalue weighted by Crippen LogP contribution is 2.38. The lowest BCUT2D eigenvalue weighted by Crippen LogP contribution is -2.14. The van der Waals surface area contributed by atoms with E-state index in [-0.39, 0.29) is 11.8 Å². The summed E-state index contributed by atoms with van der Waals surface area (Å²) in [5.41, 5.74) is 1.77. The summed E-state index contributed by atoms with van der Waals surface area (Å²) in [6, 6.07) is 9.66. The minimum absolute atomic E-state index is 0.133. The molecule has 1 heterocycles. The maximum atomic E-state index is 11.9. The largest absolute Gasteiger partial charge is 0.325 e. The molecule has 2 aromatic rings. The monoisotopic (exact) mass is 226 g/mol. The molecule has 1 aromatic heterocycles. The summed E-state index contributed by atoms with van der Waals surface area (Å²) in [6.45, 7) is 2.11. The molecule has 0 bridgehead atoms. The van der Waals surface area contributed by atoms with Crippen LogP contribution in [-0.4, -0.2) is 10.9 Å². The Bertz CT molecular complexity index is 574. The number of hydrogen-bond donors (Lipinski definition) is 1. The summed E-state index contributed by atoms with van der Waals surface area (Å²) in [7, 11) is 0. The molecule has 1 amide bonds. The Morgan fingerprint density at radius 2 is 2.18 bits per heavy atom. The number of hydrogen-bond acceptors (Lipinski definition) is 2. The topological polar surface area (TPSA) is 42.0 Å². The van der Waals surface area contributed by atoms with E-state index >= 15 is 0 Å². The molecule has 1 N–H and O–H groups in total. The van der Waals surface area contributed by atoms with Crippen LogP contribution in [0.15, 0.2) is 36.5 Å². The van der Waals surface area contributed by atoms with Crippen molar-refractivity contribution >= 4 is 22.5 Å². The minimum atomic E-state index is 0.133. The molecule has 1 fully saturated rings. The lowest BCUT2D eigenvalue weighted by atomic mass is 10.1. The summed E-state index contributed by atoms with van der Waals surface area (Å²) in [6.07, 6.45) is 2.77. The van der Waals surface area contributed by atoms with Gasteiger partial charge in [0.1, 0.15) is 0 Å². The summed E-state index contributed by atoms with van der Waals surface area (Å²) < 4.78 is 0. The molecule has 2 atom stereocenters. The van der Waals surface area contributed by atoms with E-state index in [1.165, 1.54) is 0 Å². The van der Waals surface area contributed by atoms with Crippen molar-refractivity contribution in [3.63, 3.8) is 0 Å². The average Bonchev–Trinajstić information content (AvgIpc) is 3.07. The molecule has 1 aliphatic rings. The van der Waals surface area contributed by atoms with E-state index in [9.17, 15) is 4.79 Å². The van der Waals surface area contributed by atoms with E-state index in [1.54, 1.807) is 6.20 Å². The number of amides is 1. The molecular weight excluding hydrogens is 212 g/mol. The average molecular weight is 226 g/mol. The van der Waals surface area contributed by atoms with Crippen molar-refractivity contribution in [1.29, 1.82) is 0 Å². The predicted octanol–water partition coefficient (Wildman–Crippen LogP) is 2.83. The third kappa shape index (κ3) is 1.88. The van der Waals surface area contributed by atoms with Crippen LogP contribution in [0.25, 0.3) is 10.9 Å². The highest BCUT2D eigenvalue weighted by Gasteiger charge is 2.39. The second-order valence-electron chi connectivity index (χ2n) is 4.68. The van der Waals surface area contributed by atoms with Gasteiger partial charge in [-0.2, -0.15) is 0 Å². The molecule has 17 heavy (non-hydrogen) atoms. The third-order valence-electron chi connectivity index (χ3n) is 3.35. The first kappa shape index (κ1) is 10.3. The first-order chi connectivity index (χ1) is 8.25. The van der Waals surface area contributed by atoms with E-state index in [0.717, 1.165) is 23.0 Å². The maximum Gasteiger partial charge on any atom is 0.227 e. The Balaban J connectivity index is 1.92. The number of nitrogens with zero attached hydrogens (tertiary/aromatic N) is 1. The van der Waals surface area contributed by atoms with Gasteiger partial charge in [-0.05, 0) is 36.6 Å². The normalized spacial score (nSPS) is 22.4. The van der Waals surface area contributed by atoms with Crippen LogP contribution in [0.5, 0.6) is 0 Å². The SMILES string of the molecule is CC1CC1C(=O)Nc1cccc2ncccc12. The van der Waals surface area contributed by atoms with Gasteiger partial charge in [0, 0.05) is 17.5 Å². The Morgan fingerprint density at radius 3 is 2.94 bits per heavy atom. The molecule has 1 aromatic carbocycles. The van der Waals surface area contributed by atoms with Gasteiger partial charge in [-0.15, -0.1) is 0 Å². The molecule has 3 heteroatoms. The number of nitrogens with one attached hydrogen (secondary N) is 1. The van der Waals surface area contributed by atoms with Gasteiger partial charge in [0.2, 0.25) is 5.91 Å².